The van der Waals surface area contributed by atoms with E-state index in [1.54, 1.807) is 30.3 Å². The Kier molecular flexibility index (Phi) is 6.42. The molecule has 9 nitrogen and oxygen atoms in total. The normalized spacial score (nSPS) is 15.6. The molecular formula is C26H30N4O5S. The summed E-state index contributed by atoms with van der Waals surface area (Å²) in [5, 5.41) is 2.96. The highest BCUT2D eigenvalue weighted by atomic mass is 32.2. The van der Waals surface area contributed by atoms with Gasteiger partial charge in [-0.2, -0.15) is 0 Å². The summed E-state index contributed by atoms with van der Waals surface area (Å²) in [6, 6.07) is 17.5. The van der Waals surface area contributed by atoms with Crippen LogP contribution >= 0.6 is 0 Å². The molecular weight excluding hydrogens is 480 g/mol. The Labute approximate surface area is 212 Å². The van der Waals surface area contributed by atoms with Gasteiger partial charge >= 0.3 is 0 Å². The summed E-state index contributed by atoms with van der Waals surface area (Å²) >= 11 is 0. The molecule has 10 heteroatoms. The number of likely N-dealkylation sites (N-methyl/N-ethyl adjacent to an activating group) is 1. The third-order valence-electron chi connectivity index (χ3n) is 6.41. The van der Waals surface area contributed by atoms with Crippen LogP contribution in [0.25, 0.3) is 11.3 Å². The lowest BCUT2D eigenvalue weighted by Gasteiger charge is -2.16. The summed E-state index contributed by atoms with van der Waals surface area (Å²) in [5.41, 5.74) is 1.67. The Morgan fingerprint density at radius 1 is 1.06 bits per heavy atom. The van der Waals surface area contributed by atoms with E-state index in [2.05, 4.69) is 15.0 Å². The quantitative estimate of drug-likeness (QED) is 0.455. The van der Waals surface area contributed by atoms with Gasteiger partial charge in [0, 0.05) is 20.1 Å². The Hall–Kier alpha value is -3.47. The second kappa shape index (κ2) is 9.53. The van der Waals surface area contributed by atoms with Gasteiger partial charge in [-0.15, -0.1) is 0 Å². The van der Waals surface area contributed by atoms with Crippen molar-refractivity contribution in [3.8, 4) is 22.8 Å². The van der Waals surface area contributed by atoms with Crippen LogP contribution in [0.2, 0.25) is 0 Å². The molecule has 2 N–H and O–H groups in total. The fourth-order valence-corrected chi connectivity index (χ4v) is 5.18. The number of aromatic nitrogens is 1. The third-order valence-corrected chi connectivity index (χ3v) is 7.89. The minimum atomic E-state index is -3.59. The van der Waals surface area contributed by atoms with Crippen LogP contribution in [0.15, 0.2) is 65.6 Å². The average molecular weight is 511 g/mol. The zero-order valence-corrected chi connectivity index (χ0v) is 21.0. The number of carbonyl (C=O) groups is 1. The number of carbonyl (C=O) groups excluding carboxylic acids is 1. The standard InChI is InChI=1S/C26H28N4O5S.H2/c1-30(2)15-14-27-36(32,33)20-9-6-18(7-10-20)21-4-3-5-24(28-21)29-25(31)26(12-13-26)19-8-11-22-23(16-19)35-17-34-22;/h3-11,16,27H,12-15,17H2,1-2H3,(H,28,29,31);1H. The molecule has 0 bridgehead atoms. The molecule has 0 spiro atoms. The summed E-state index contributed by atoms with van der Waals surface area (Å²) in [6.45, 7) is 1.12. The lowest BCUT2D eigenvalue weighted by molar-refractivity contribution is -0.118. The van der Waals surface area contributed by atoms with Crippen LogP contribution in [0.4, 0.5) is 5.82 Å². The van der Waals surface area contributed by atoms with Crippen molar-refractivity contribution in [1.82, 2.24) is 14.6 Å². The van der Waals surface area contributed by atoms with Crippen LogP contribution in [0, 0.1) is 0 Å². The predicted octanol–water partition coefficient (Wildman–Crippen LogP) is 3.23. The van der Waals surface area contributed by atoms with Crippen LogP contribution in [0.3, 0.4) is 0 Å². The summed E-state index contributed by atoms with van der Waals surface area (Å²) < 4.78 is 38.5. The number of nitrogens with zero attached hydrogens (tertiary/aromatic N) is 2. The first-order valence-corrected chi connectivity index (χ1v) is 13.2. The first kappa shape index (κ1) is 24.2. The SMILES string of the molecule is CN(C)CCNS(=O)(=O)c1ccc(-c2cccc(NC(=O)C3(c4ccc5c(c4)OCO5)CC3)n2)cc1.[HH]. The maximum atomic E-state index is 13.2. The molecule has 1 saturated carbocycles. The number of pyridine rings is 1. The molecule has 1 aliphatic carbocycles. The molecule has 3 aromatic rings. The second-order valence-corrected chi connectivity index (χ2v) is 11.0. The molecule has 0 unspecified atom stereocenters. The number of hydrogen-bond acceptors (Lipinski definition) is 7. The number of hydrogen-bond donors (Lipinski definition) is 2. The van der Waals surface area contributed by atoms with Crippen molar-refractivity contribution < 1.29 is 24.1 Å². The van der Waals surface area contributed by atoms with Crippen molar-refractivity contribution in [3.05, 3.63) is 66.2 Å². The molecule has 1 fully saturated rings. The van der Waals surface area contributed by atoms with E-state index in [9.17, 15) is 13.2 Å². The number of benzene rings is 2. The van der Waals surface area contributed by atoms with Crippen molar-refractivity contribution in [3.63, 3.8) is 0 Å². The molecule has 2 aromatic carbocycles. The lowest BCUT2D eigenvalue weighted by Crippen LogP contribution is -2.31. The average Bonchev–Trinajstić information content (AvgIpc) is 3.55. The Morgan fingerprint density at radius 2 is 1.81 bits per heavy atom. The topological polar surface area (TPSA) is 110 Å². The molecule has 1 amide bonds. The van der Waals surface area contributed by atoms with Crippen molar-refractivity contribution in [2.45, 2.75) is 23.2 Å². The second-order valence-electron chi connectivity index (χ2n) is 9.24. The van der Waals surface area contributed by atoms with E-state index in [1.165, 1.54) is 0 Å². The van der Waals surface area contributed by atoms with E-state index >= 15 is 0 Å². The monoisotopic (exact) mass is 510 g/mol. The number of nitrogens with one attached hydrogen (secondary N) is 2. The van der Waals surface area contributed by atoms with Gasteiger partial charge in [-0.25, -0.2) is 18.1 Å². The van der Waals surface area contributed by atoms with Gasteiger partial charge in [0.25, 0.3) is 0 Å². The van der Waals surface area contributed by atoms with Crippen LogP contribution < -0.4 is 19.5 Å². The minimum absolute atomic E-state index is 0. The molecule has 2 aliphatic rings. The van der Waals surface area contributed by atoms with Crippen LogP contribution in [-0.4, -0.2) is 58.2 Å². The van der Waals surface area contributed by atoms with Gasteiger partial charge in [0.15, 0.2) is 11.5 Å². The molecule has 2 heterocycles. The largest absolute Gasteiger partial charge is 0.454 e. The van der Waals surface area contributed by atoms with Crippen LogP contribution in [0.1, 0.15) is 19.8 Å². The van der Waals surface area contributed by atoms with Crippen LogP contribution in [-0.2, 0) is 20.2 Å². The van der Waals surface area contributed by atoms with Gasteiger partial charge in [0.2, 0.25) is 22.7 Å². The summed E-state index contributed by atoms with van der Waals surface area (Å²) in [4.78, 5) is 19.9. The highest BCUT2D eigenvalue weighted by Gasteiger charge is 2.51. The fourth-order valence-electron chi connectivity index (χ4n) is 4.16. The maximum absolute atomic E-state index is 13.2. The van der Waals surface area contributed by atoms with E-state index in [4.69, 9.17) is 9.47 Å². The summed E-state index contributed by atoms with van der Waals surface area (Å²) in [7, 11) is 0.177. The van der Waals surface area contributed by atoms with Gasteiger partial charge in [-0.1, -0.05) is 24.3 Å². The fraction of sp³-hybridized carbons (Fsp3) is 0.308. The van der Waals surface area contributed by atoms with Gasteiger partial charge < -0.3 is 19.7 Å². The third kappa shape index (κ3) is 4.92. The Morgan fingerprint density at radius 3 is 2.53 bits per heavy atom. The van der Waals surface area contributed by atoms with Crippen molar-refractivity contribution in [1.29, 1.82) is 0 Å². The Bertz CT molecular complexity index is 1390. The molecule has 1 aromatic heterocycles. The van der Waals surface area contributed by atoms with Crippen molar-refractivity contribution >= 4 is 21.7 Å². The molecule has 0 radical (unpaired) electrons. The smallest absolute Gasteiger partial charge is 0.240 e. The number of fused-ring (bicyclic) bond motifs is 1. The number of ether oxygens (including phenoxy) is 2. The predicted molar refractivity (Wildman–Crippen MR) is 138 cm³/mol. The van der Waals surface area contributed by atoms with E-state index in [1.807, 2.05) is 49.3 Å². The van der Waals surface area contributed by atoms with E-state index in [0.29, 0.717) is 36.1 Å². The molecule has 190 valence electrons. The Balaban J connectivity index is 0.00000320. The summed E-state index contributed by atoms with van der Waals surface area (Å²) in [5.74, 6) is 1.67. The zero-order valence-electron chi connectivity index (χ0n) is 20.2. The first-order valence-electron chi connectivity index (χ1n) is 11.7. The van der Waals surface area contributed by atoms with E-state index in [0.717, 1.165) is 24.0 Å². The van der Waals surface area contributed by atoms with Gasteiger partial charge in [-0.3, -0.25) is 4.79 Å². The maximum Gasteiger partial charge on any atom is 0.240 e. The van der Waals surface area contributed by atoms with E-state index < -0.39 is 15.4 Å². The van der Waals surface area contributed by atoms with Crippen molar-refractivity contribution in [2.75, 3.05) is 39.3 Å². The van der Waals surface area contributed by atoms with Gasteiger partial charge in [0.05, 0.1) is 16.0 Å². The van der Waals surface area contributed by atoms with Gasteiger partial charge in [0.1, 0.15) is 5.82 Å². The molecule has 0 atom stereocenters. The molecule has 36 heavy (non-hydrogen) atoms. The molecule has 1 aliphatic heterocycles. The molecule has 5 rings (SSSR count). The lowest BCUT2D eigenvalue weighted by atomic mass is 9.94. The highest BCUT2D eigenvalue weighted by Crippen LogP contribution is 2.51. The minimum Gasteiger partial charge on any atom is -0.454 e. The number of sulfonamides is 1. The van der Waals surface area contributed by atoms with E-state index in [-0.39, 0.29) is 19.0 Å². The number of amides is 1. The molecule has 0 saturated heterocycles. The van der Waals surface area contributed by atoms with Gasteiger partial charge in [-0.05, 0) is 68.9 Å². The highest BCUT2D eigenvalue weighted by molar-refractivity contribution is 7.89. The number of anilines is 1. The first-order chi connectivity index (χ1) is 17.3. The zero-order chi connectivity index (χ0) is 25.3. The van der Waals surface area contributed by atoms with Crippen molar-refractivity contribution in [2.24, 2.45) is 0 Å². The number of rotatable bonds is 9. The summed E-state index contributed by atoms with van der Waals surface area (Å²) in [6.07, 6.45) is 1.49. The van der Waals surface area contributed by atoms with Crippen LogP contribution in [0.5, 0.6) is 11.5 Å².